The molecular formula is C15H21N5O. The minimum absolute atomic E-state index is 0.214. The van der Waals surface area contributed by atoms with E-state index in [0.717, 1.165) is 49.7 Å². The molecule has 1 atom stereocenters. The van der Waals surface area contributed by atoms with Gasteiger partial charge in [-0.15, -0.1) is 0 Å². The lowest BCUT2D eigenvalue weighted by Crippen LogP contribution is -2.36. The standard InChI is InChI=1S/C15H21N5O/c1-19-6-4-17-15(19)14-10-16-9-13(18-14)12-3-2-5-20(11-12)7-8-21/h4,6,9-10,12,21H,2-3,5,7-8,11H2,1H3/t12-/m1/s1. The Morgan fingerprint density at radius 2 is 2.29 bits per heavy atom. The lowest BCUT2D eigenvalue weighted by atomic mass is 9.95. The van der Waals surface area contributed by atoms with E-state index in [2.05, 4.69) is 14.9 Å². The third-order valence-corrected chi connectivity index (χ3v) is 4.04. The predicted molar refractivity (Wildman–Crippen MR) is 79.7 cm³/mol. The Balaban J connectivity index is 1.81. The van der Waals surface area contributed by atoms with Gasteiger partial charge < -0.3 is 14.6 Å². The van der Waals surface area contributed by atoms with E-state index in [-0.39, 0.29) is 6.61 Å². The van der Waals surface area contributed by atoms with Gasteiger partial charge in [-0.25, -0.2) is 9.97 Å². The molecule has 1 N–H and O–H groups in total. The number of imidazole rings is 1. The Bertz CT molecular complexity index is 595. The predicted octanol–water partition coefficient (Wildman–Crippen LogP) is 1.05. The minimum Gasteiger partial charge on any atom is -0.395 e. The van der Waals surface area contributed by atoms with Crippen LogP contribution in [0, 0.1) is 0 Å². The molecule has 0 radical (unpaired) electrons. The maximum absolute atomic E-state index is 9.09. The van der Waals surface area contributed by atoms with E-state index in [1.165, 1.54) is 0 Å². The molecule has 3 rings (SSSR count). The van der Waals surface area contributed by atoms with E-state index in [1.54, 1.807) is 12.4 Å². The number of β-amino-alcohol motifs (C(OH)–C–C–N with tert-alkyl or cyclic N) is 1. The van der Waals surface area contributed by atoms with E-state index >= 15 is 0 Å². The zero-order chi connectivity index (χ0) is 14.7. The van der Waals surface area contributed by atoms with Gasteiger partial charge in [0, 0.05) is 44.6 Å². The van der Waals surface area contributed by atoms with E-state index in [4.69, 9.17) is 10.1 Å². The highest BCUT2D eigenvalue weighted by atomic mass is 16.3. The Morgan fingerprint density at radius 1 is 1.38 bits per heavy atom. The van der Waals surface area contributed by atoms with Crippen molar-refractivity contribution < 1.29 is 5.11 Å². The normalized spacial score (nSPS) is 19.8. The quantitative estimate of drug-likeness (QED) is 0.910. The van der Waals surface area contributed by atoms with Crippen LogP contribution in [0.4, 0.5) is 0 Å². The van der Waals surface area contributed by atoms with Gasteiger partial charge in [0.25, 0.3) is 0 Å². The van der Waals surface area contributed by atoms with Crippen molar-refractivity contribution in [2.75, 3.05) is 26.2 Å². The van der Waals surface area contributed by atoms with Crippen LogP contribution in [-0.2, 0) is 7.05 Å². The van der Waals surface area contributed by atoms with Crippen molar-refractivity contribution in [3.63, 3.8) is 0 Å². The van der Waals surface area contributed by atoms with Gasteiger partial charge in [0.15, 0.2) is 5.82 Å². The number of piperidine rings is 1. The van der Waals surface area contributed by atoms with Crippen LogP contribution in [0.25, 0.3) is 11.5 Å². The molecule has 0 spiro atoms. The van der Waals surface area contributed by atoms with Crippen molar-refractivity contribution in [1.82, 2.24) is 24.4 Å². The summed E-state index contributed by atoms with van der Waals surface area (Å²) >= 11 is 0. The van der Waals surface area contributed by atoms with Crippen LogP contribution in [0.1, 0.15) is 24.5 Å². The second-order valence-electron chi connectivity index (χ2n) is 5.55. The van der Waals surface area contributed by atoms with Crippen LogP contribution < -0.4 is 0 Å². The molecule has 3 heterocycles. The van der Waals surface area contributed by atoms with E-state index in [1.807, 2.05) is 24.0 Å². The summed E-state index contributed by atoms with van der Waals surface area (Å²) in [5, 5.41) is 9.09. The molecule has 112 valence electrons. The third-order valence-electron chi connectivity index (χ3n) is 4.04. The van der Waals surface area contributed by atoms with Gasteiger partial charge >= 0.3 is 0 Å². The molecule has 0 amide bonds. The molecule has 2 aromatic rings. The van der Waals surface area contributed by atoms with Gasteiger partial charge in [0.1, 0.15) is 5.69 Å². The van der Waals surface area contributed by atoms with Gasteiger partial charge in [-0.2, -0.15) is 0 Å². The Kier molecular flexibility index (Phi) is 4.26. The highest BCUT2D eigenvalue weighted by Crippen LogP contribution is 2.26. The van der Waals surface area contributed by atoms with Crippen LogP contribution in [0.2, 0.25) is 0 Å². The molecule has 21 heavy (non-hydrogen) atoms. The van der Waals surface area contributed by atoms with E-state index in [9.17, 15) is 0 Å². The summed E-state index contributed by atoms with van der Waals surface area (Å²) in [6, 6.07) is 0. The fraction of sp³-hybridized carbons (Fsp3) is 0.533. The molecule has 0 saturated carbocycles. The number of nitrogens with zero attached hydrogens (tertiary/aromatic N) is 5. The summed E-state index contributed by atoms with van der Waals surface area (Å²) in [7, 11) is 1.96. The summed E-state index contributed by atoms with van der Waals surface area (Å²) in [6.45, 7) is 2.96. The first-order chi connectivity index (χ1) is 10.3. The molecule has 2 aromatic heterocycles. The lowest BCUT2D eigenvalue weighted by Gasteiger charge is -2.31. The Labute approximate surface area is 124 Å². The molecule has 0 unspecified atom stereocenters. The highest BCUT2D eigenvalue weighted by molar-refractivity contribution is 5.48. The molecule has 0 aromatic carbocycles. The van der Waals surface area contributed by atoms with Crippen molar-refractivity contribution in [3.8, 4) is 11.5 Å². The molecule has 1 fully saturated rings. The number of likely N-dealkylation sites (tertiary alicyclic amines) is 1. The number of rotatable bonds is 4. The van der Waals surface area contributed by atoms with Crippen molar-refractivity contribution >= 4 is 0 Å². The number of aliphatic hydroxyl groups is 1. The first-order valence-electron chi connectivity index (χ1n) is 7.41. The van der Waals surface area contributed by atoms with Crippen molar-refractivity contribution in [3.05, 3.63) is 30.5 Å². The van der Waals surface area contributed by atoms with E-state index < -0.39 is 0 Å². The highest BCUT2D eigenvalue weighted by Gasteiger charge is 2.22. The third kappa shape index (κ3) is 3.11. The second kappa shape index (κ2) is 6.32. The van der Waals surface area contributed by atoms with Gasteiger partial charge in [0.2, 0.25) is 0 Å². The number of aliphatic hydroxyl groups excluding tert-OH is 1. The monoisotopic (exact) mass is 287 g/mol. The molecule has 1 saturated heterocycles. The number of hydrogen-bond acceptors (Lipinski definition) is 5. The number of aromatic nitrogens is 4. The van der Waals surface area contributed by atoms with Crippen LogP contribution >= 0.6 is 0 Å². The summed E-state index contributed by atoms with van der Waals surface area (Å²) in [6.07, 6.45) is 9.57. The molecule has 6 nitrogen and oxygen atoms in total. The average molecular weight is 287 g/mol. The van der Waals surface area contributed by atoms with Crippen LogP contribution in [0.3, 0.4) is 0 Å². The molecule has 0 aliphatic carbocycles. The molecule has 0 bridgehead atoms. The van der Waals surface area contributed by atoms with Crippen molar-refractivity contribution in [2.24, 2.45) is 7.05 Å². The van der Waals surface area contributed by atoms with Crippen LogP contribution in [-0.4, -0.2) is 55.8 Å². The molecule has 1 aliphatic rings. The molecule has 6 heteroatoms. The summed E-state index contributed by atoms with van der Waals surface area (Å²) in [4.78, 5) is 15.7. The summed E-state index contributed by atoms with van der Waals surface area (Å²) < 4.78 is 1.95. The number of aryl methyl sites for hydroxylation is 1. The zero-order valence-corrected chi connectivity index (χ0v) is 12.3. The maximum Gasteiger partial charge on any atom is 0.159 e. The van der Waals surface area contributed by atoms with Crippen molar-refractivity contribution in [2.45, 2.75) is 18.8 Å². The van der Waals surface area contributed by atoms with Crippen LogP contribution in [0.5, 0.6) is 0 Å². The Morgan fingerprint density at radius 3 is 3.05 bits per heavy atom. The minimum atomic E-state index is 0.214. The summed E-state index contributed by atoms with van der Waals surface area (Å²) in [5.41, 5.74) is 1.84. The maximum atomic E-state index is 9.09. The molecule has 1 aliphatic heterocycles. The van der Waals surface area contributed by atoms with E-state index in [0.29, 0.717) is 5.92 Å². The van der Waals surface area contributed by atoms with Gasteiger partial charge in [-0.05, 0) is 19.4 Å². The largest absolute Gasteiger partial charge is 0.395 e. The van der Waals surface area contributed by atoms with Gasteiger partial charge in [-0.3, -0.25) is 4.98 Å². The second-order valence-corrected chi connectivity index (χ2v) is 5.55. The summed E-state index contributed by atoms with van der Waals surface area (Å²) in [5.74, 6) is 1.23. The first-order valence-corrected chi connectivity index (χ1v) is 7.41. The topological polar surface area (TPSA) is 67.1 Å². The van der Waals surface area contributed by atoms with Gasteiger partial charge in [-0.1, -0.05) is 0 Å². The fourth-order valence-corrected chi connectivity index (χ4v) is 2.94. The SMILES string of the molecule is Cn1ccnc1-c1cncc([C@@H]2CCCN(CCO)C2)n1. The smallest absolute Gasteiger partial charge is 0.159 e. The van der Waals surface area contributed by atoms with Crippen molar-refractivity contribution in [1.29, 1.82) is 0 Å². The lowest BCUT2D eigenvalue weighted by molar-refractivity contribution is 0.160. The van der Waals surface area contributed by atoms with Crippen LogP contribution in [0.15, 0.2) is 24.8 Å². The molecular weight excluding hydrogens is 266 g/mol. The zero-order valence-electron chi connectivity index (χ0n) is 12.3. The average Bonchev–Trinajstić information content (AvgIpc) is 2.94. The number of hydrogen-bond donors (Lipinski definition) is 1. The Hall–Kier alpha value is -1.79. The fourth-order valence-electron chi connectivity index (χ4n) is 2.94. The first kappa shape index (κ1) is 14.2. The van der Waals surface area contributed by atoms with Gasteiger partial charge in [0.05, 0.1) is 18.5 Å².